The minimum Gasteiger partial charge on any atom is -0.345 e. The van der Waals surface area contributed by atoms with Gasteiger partial charge in [-0.2, -0.15) is 0 Å². The van der Waals surface area contributed by atoms with Gasteiger partial charge in [0.2, 0.25) is 6.41 Å². The van der Waals surface area contributed by atoms with E-state index in [1.54, 1.807) is 17.9 Å². The Labute approximate surface area is 115 Å². The summed E-state index contributed by atoms with van der Waals surface area (Å²) in [6, 6.07) is 0. The Hall–Kier alpha value is -1.64. The van der Waals surface area contributed by atoms with Crippen LogP contribution in [0.25, 0.3) is 0 Å². The van der Waals surface area contributed by atoms with Gasteiger partial charge in [-0.3, -0.25) is 9.59 Å². The molecule has 3 nitrogen and oxygen atoms in total. The van der Waals surface area contributed by atoms with E-state index in [0.29, 0.717) is 13.1 Å². The zero-order chi connectivity index (χ0) is 14.3. The fourth-order valence-electron chi connectivity index (χ4n) is 2.59. The van der Waals surface area contributed by atoms with E-state index >= 15 is 0 Å². The molecule has 0 aliphatic carbocycles. The first kappa shape index (κ1) is 15.4. The van der Waals surface area contributed by atoms with Crippen molar-refractivity contribution < 1.29 is 9.59 Å². The van der Waals surface area contributed by atoms with Crippen molar-refractivity contribution in [2.24, 2.45) is 5.41 Å². The van der Waals surface area contributed by atoms with Gasteiger partial charge in [-0.05, 0) is 32.6 Å². The van der Waals surface area contributed by atoms with Gasteiger partial charge in [0.1, 0.15) is 5.78 Å². The minimum absolute atomic E-state index is 0.215. The molecule has 0 spiro atoms. The van der Waals surface area contributed by atoms with Gasteiger partial charge in [-0.1, -0.05) is 37.0 Å². The first-order valence-electron chi connectivity index (χ1n) is 6.68. The van der Waals surface area contributed by atoms with Crippen molar-refractivity contribution in [2.45, 2.75) is 32.6 Å². The smallest absolute Gasteiger partial charge is 0.209 e. The van der Waals surface area contributed by atoms with Crippen molar-refractivity contribution in [2.75, 3.05) is 13.1 Å². The monoisotopic (exact) mass is 261 g/mol. The van der Waals surface area contributed by atoms with Crippen molar-refractivity contribution in [3.05, 3.63) is 37.0 Å². The van der Waals surface area contributed by atoms with E-state index in [0.717, 1.165) is 37.7 Å². The number of allylic oxidation sites excluding steroid dienone is 4. The number of ketones is 1. The number of amides is 1. The summed E-state index contributed by atoms with van der Waals surface area (Å²) in [5, 5.41) is 0. The quantitative estimate of drug-likeness (QED) is 0.401. The predicted molar refractivity (Wildman–Crippen MR) is 77.7 cm³/mol. The molecule has 1 aliphatic rings. The molecule has 0 saturated carbocycles. The molecule has 1 saturated heterocycles. The second-order valence-electron chi connectivity index (χ2n) is 5.27. The minimum atomic E-state index is -0.321. The van der Waals surface area contributed by atoms with Crippen molar-refractivity contribution in [3.8, 4) is 0 Å². The summed E-state index contributed by atoms with van der Waals surface area (Å²) in [4.78, 5) is 24.5. The number of piperidine rings is 1. The van der Waals surface area contributed by atoms with Gasteiger partial charge in [0.05, 0.1) is 0 Å². The molecule has 0 aromatic heterocycles. The van der Waals surface area contributed by atoms with Crippen LogP contribution < -0.4 is 0 Å². The van der Waals surface area contributed by atoms with Gasteiger partial charge in [-0.25, -0.2) is 0 Å². The van der Waals surface area contributed by atoms with E-state index in [1.807, 2.05) is 12.2 Å². The molecule has 1 amide bonds. The lowest BCUT2D eigenvalue weighted by Crippen LogP contribution is -2.43. The third kappa shape index (κ3) is 4.19. The molecule has 1 fully saturated rings. The number of likely N-dealkylation sites (tertiary alicyclic amines) is 1. The number of carbonyl (C=O) groups excluding carboxylic acids is 2. The Morgan fingerprint density at radius 2 is 2.00 bits per heavy atom. The first-order chi connectivity index (χ1) is 9.04. The highest BCUT2D eigenvalue weighted by atomic mass is 16.1. The summed E-state index contributed by atoms with van der Waals surface area (Å²) in [6.45, 7) is 10.7. The summed E-state index contributed by atoms with van der Waals surface area (Å²) in [5.74, 6) is 0.215. The highest BCUT2D eigenvalue weighted by molar-refractivity contribution is 5.83. The molecule has 19 heavy (non-hydrogen) atoms. The molecule has 1 rings (SSSR count). The molecular weight excluding hydrogens is 238 g/mol. The maximum absolute atomic E-state index is 12.0. The topological polar surface area (TPSA) is 37.4 Å². The molecule has 104 valence electrons. The first-order valence-corrected chi connectivity index (χ1v) is 6.68. The third-order valence-electron chi connectivity index (χ3n) is 3.92. The zero-order valence-corrected chi connectivity index (χ0v) is 11.7. The SMILES string of the molecule is C=CC=CCC(=C)CC1(C(C)=O)CCN(C=O)CC1. The molecule has 0 aromatic carbocycles. The van der Waals surface area contributed by atoms with Gasteiger partial charge >= 0.3 is 0 Å². The average Bonchev–Trinajstić information content (AvgIpc) is 2.39. The Bertz CT molecular complexity index is 388. The Balaban J connectivity index is 2.65. The lowest BCUT2D eigenvalue weighted by Gasteiger charge is -2.39. The molecule has 1 aliphatic heterocycles. The van der Waals surface area contributed by atoms with Gasteiger partial charge in [0, 0.05) is 18.5 Å². The highest BCUT2D eigenvalue weighted by Gasteiger charge is 2.38. The number of carbonyl (C=O) groups is 2. The van der Waals surface area contributed by atoms with Crippen molar-refractivity contribution in [1.29, 1.82) is 0 Å². The van der Waals surface area contributed by atoms with Crippen LogP contribution >= 0.6 is 0 Å². The number of hydrogen-bond acceptors (Lipinski definition) is 2. The van der Waals surface area contributed by atoms with Crippen LogP contribution in [-0.2, 0) is 9.59 Å². The number of Topliss-reactive ketones (excluding diaryl/α,β-unsaturated/α-hetero) is 1. The molecule has 0 radical (unpaired) electrons. The molecule has 1 heterocycles. The Kier molecular flexibility index (Phi) is 5.74. The average molecular weight is 261 g/mol. The maximum atomic E-state index is 12.0. The van der Waals surface area contributed by atoms with Crippen LogP contribution in [0.1, 0.15) is 32.6 Å². The molecule has 0 bridgehead atoms. The van der Waals surface area contributed by atoms with Crippen LogP contribution in [0.3, 0.4) is 0 Å². The van der Waals surface area contributed by atoms with Crippen LogP contribution in [0, 0.1) is 5.41 Å². The van der Waals surface area contributed by atoms with Crippen molar-refractivity contribution >= 4 is 12.2 Å². The lowest BCUT2D eigenvalue weighted by molar-refractivity contribution is -0.132. The number of nitrogens with zero attached hydrogens (tertiary/aromatic N) is 1. The highest BCUT2D eigenvalue weighted by Crippen LogP contribution is 2.38. The molecular formula is C16H23NO2. The van der Waals surface area contributed by atoms with E-state index in [-0.39, 0.29) is 11.2 Å². The normalized spacial score (nSPS) is 18.3. The Morgan fingerprint density at radius 1 is 1.37 bits per heavy atom. The predicted octanol–water partition coefficient (Wildman–Crippen LogP) is 2.89. The summed E-state index contributed by atoms with van der Waals surface area (Å²) < 4.78 is 0. The second kappa shape index (κ2) is 7.07. The maximum Gasteiger partial charge on any atom is 0.209 e. The van der Waals surface area contributed by atoms with Gasteiger partial charge < -0.3 is 4.90 Å². The van der Waals surface area contributed by atoms with E-state index in [9.17, 15) is 9.59 Å². The number of hydrogen-bond donors (Lipinski definition) is 0. The van der Waals surface area contributed by atoms with Crippen LogP contribution in [0.2, 0.25) is 0 Å². The van der Waals surface area contributed by atoms with Gasteiger partial charge in [0.15, 0.2) is 0 Å². The zero-order valence-electron chi connectivity index (χ0n) is 11.7. The Morgan fingerprint density at radius 3 is 2.47 bits per heavy atom. The van der Waals surface area contributed by atoms with Gasteiger partial charge in [-0.15, -0.1) is 0 Å². The summed E-state index contributed by atoms with van der Waals surface area (Å²) in [6.07, 6.45) is 9.47. The van der Waals surface area contributed by atoms with E-state index in [1.165, 1.54) is 0 Å². The van der Waals surface area contributed by atoms with Crippen LogP contribution in [0.4, 0.5) is 0 Å². The fraction of sp³-hybridized carbons (Fsp3) is 0.500. The second-order valence-corrected chi connectivity index (χ2v) is 5.27. The summed E-state index contributed by atoms with van der Waals surface area (Å²) >= 11 is 0. The summed E-state index contributed by atoms with van der Waals surface area (Å²) in [5.41, 5.74) is 0.742. The largest absolute Gasteiger partial charge is 0.345 e. The van der Waals surface area contributed by atoms with E-state index < -0.39 is 0 Å². The van der Waals surface area contributed by atoms with Gasteiger partial charge in [0.25, 0.3) is 0 Å². The molecule has 3 heteroatoms. The van der Waals surface area contributed by atoms with Crippen LogP contribution in [0.5, 0.6) is 0 Å². The number of rotatable bonds is 7. The standard InChI is InChI=1S/C16H23NO2/c1-4-5-6-7-14(2)12-16(15(3)19)8-10-17(13-18)11-9-16/h4-6,13H,1-2,7-12H2,3H3. The molecule has 0 atom stereocenters. The molecule has 0 unspecified atom stereocenters. The molecule has 0 N–H and O–H groups in total. The van der Waals surface area contributed by atoms with Crippen LogP contribution in [0.15, 0.2) is 37.0 Å². The van der Waals surface area contributed by atoms with Crippen molar-refractivity contribution in [3.63, 3.8) is 0 Å². The summed E-state index contributed by atoms with van der Waals surface area (Å²) in [7, 11) is 0. The lowest BCUT2D eigenvalue weighted by atomic mass is 9.71. The van der Waals surface area contributed by atoms with E-state index in [4.69, 9.17) is 0 Å². The molecule has 0 aromatic rings. The third-order valence-corrected chi connectivity index (χ3v) is 3.92. The van der Waals surface area contributed by atoms with E-state index in [2.05, 4.69) is 13.2 Å². The van der Waals surface area contributed by atoms with Crippen LogP contribution in [-0.4, -0.2) is 30.2 Å². The van der Waals surface area contributed by atoms with Crippen molar-refractivity contribution in [1.82, 2.24) is 4.90 Å². The fourth-order valence-corrected chi connectivity index (χ4v) is 2.59.